The molecule has 0 amide bonds. The quantitative estimate of drug-likeness (QED) is 0.777. The maximum absolute atomic E-state index is 9.81. The van der Waals surface area contributed by atoms with E-state index in [4.69, 9.17) is 9.47 Å². The van der Waals surface area contributed by atoms with Gasteiger partial charge < -0.3 is 14.6 Å². The fourth-order valence-corrected chi connectivity index (χ4v) is 2.91. The van der Waals surface area contributed by atoms with Crippen molar-refractivity contribution < 1.29 is 14.6 Å². The molecule has 0 radical (unpaired) electrons. The van der Waals surface area contributed by atoms with E-state index in [0.29, 0.717) is 12.0 Å². The number of aliphatic hydroxyl groups is 1. The van der Waals surface area contributed by atoms with Gasteiger partial charge in [0.25, 0.3) is 0 Å². The average Bonchev–Trinajstić information content (AvgIpc) is 3.08. The van der Waals surface area contributed by atoms with E-state index in [1.54, 1.807) is 7.11 Å². The molecule has 2 atom stereocenters. The molecule has 0 aromatic heterocycles. The summed E-state index contributed by atoms with van der Waals surface area (Å²) in [7, 11) is 1.76. The zero-order valence-electron chi connectivity index (χ0n) is 11.4. The Kier molecular flexibility index (Phi) is 3.81. The highest BCUT2D eigenvalue weighted by atomic mass is 16.5. The van der Waals surface area contributed by atoms with Gasteiger partial charge in [-0.2, -0.15) is 0 Å². The lowest BCUT2D eigenvalue weighted by atomic mass is 9.74. The molecule has 3 nitrogen and oxygen atoms in total. The number of hydrogen-bond acceptors (Lipinski definition) is 3. The molecule has 0 spiro atoms. The Bertz CT molecular complexity index is 260. The third-order valence-electron chi connectivity index (χ3n) is 4.64. The Morgan fingerprint density at radius 1 is 1.41 bits per heavy atom. The van der Waals surface area contributed by atoms with Crippen molar-refractivity contribution in [2.75, 3.05) is 20.3 Å². The predicted molar refractivity (Wildman–Crippen MR) is 66.9 cm³/mol. The van der Waals surface area contributed by atoms with Gasteiger partial charge in [-0.3, -0.25) is 0 Å². The molecule has 1 aliphatic heterocycles. The van der Waals surface area contributed by atoms with Gasteiger partial charge in [-0.15, -0.1) is 0 Å². The monoisotopic (exact) mass is 242 g/mol. The summed E-state index contributed by atoms with van der Waals surface area (Å²) < 4.78 is 11.4. The molecular formula is C14H26O3. The summed E-state index contributed by atoms with van der Waals surface area (Å²) in [4.78, 5) is 0. The van der Waals surface area contributed by atoms with E-state index in [9.17, 15) is 5.11 Å². The topological polar surface area (TPSA) is 38.7 Å². The van der Waals surface area contributed by atoms with Crippen molar-refractivity contribution in [3.63, 3.8) is 0 Å². The summed E-state index contributed by atoms with van der Waals surface area (Å²) in [5, 5.41) is 9.81. The molecule has 2 aliphatic rings. The number of aliphatic hydroxyl groups excluding tert-OH is 1. The molecule has 1 heterocycles. The molecule has 1 N–H and O–H groups in total. The van der Waals surface area contributed by atoms with Gasteiger partial charge in [-0.1, -0.05) is 0 Å². The fraction of sp³-hybridized carbons (Fsp3) is 1.00. The number of hydrogen-bond donors (Lipinski definition) is 1. The molecule has 2 rings (SSSR count). The molecule has 0 aromatic rings. The Morgan fingerprint density at radius 3 is 2.65 bits per heavy atom. The molecule has 1 aliphatic carbocycles. The van der Waals surface area contributed by atoms with Gasteiger partial charge in [0.05, 0.1) is 18.3 Å². The molecule has 0 aromatic carbocycles. The standard InChI is InChI=1S/C14H26O3/c1-13(2,16-3)6-7-14(10-15)8-9-17-12(14)11-4-5-11/h11-12,15H,4-10H2,1-3H3. The van der Waals surface area contributed by atoms with E-state index >= 15 is 0 Å². The first kappa shape index (κ1) is 13.3. The Morgan fingerprint density at radius 2 is 2.12 bits per heavy atom. The van der Waals surface area contributed by atoms with E-state index in [0.717, 1.165) is 25.9 Å². The molecule has 1 saturated carbocycles. The highest BCUT2D eigenvalue weighted by Crippen LogP contribution is 2.50. The first-order valence-corrected chi connectivity index (χ1v) is 6.81. The zero-order chi connectivity index (χ0) is 12.5. The van der Waals surface area contributed by atoms with Crippen molar-refractivity contribution in [1.29, 1.82) is 0 Å². The molecular weight excluding hydrogens is 216 g/mol. The molecule has 2 unspecified atom stereocenters. The van der Waals surface area contributed by atoms with Crippen molar-refractivity contribution in [1.82, 2.24) is 0 Å². The number of rotatable bonds is 6. The largest absolute Gasteiger partial charge is 0.396 e. The van der Waals surface area contributed by atoms with Gasteiger partial charge in [0, 0.05) is 19.1 Å². The van der Waals surface area contributed by atoms with E-state index in [1.165, 1.54) is 12.8 Å². The summed E-state index contributed by atoms with van der Waals surface area (Å²) in [5.74, 6) is 0.704. The van der Waals surface area contributed by atoms with Crippen LogP contribution in [-0.4, -0.2) is 37.1 Å². The maximum atomic E-state index is 9.81. The van der Waals surface area contributed by atoms with Crippen LogP contribution in [0.5, 0.6) is 0 Å². The molecule has 100 valence electrons. The minimum atomic E-state index is -0.0984. The summed E-state index contributed by atoms with van der Waals surface area (Å²) in [5.41, 5.74) is -0.101. The van der Waals surface area contributed by atoms with Gasteiger partial charge in [-0.25, -0.2) is 0 Å². The van der Waals surface area contributed by atoms with Gasteiger partial charge in [0.1, 0.15) is 0 Å². The second-order valence-electron chi connectivity index (χ2n) is 6.36. The fourth-order valence-electron chi connectivity index (χ4n) is 2.91. The number of ether oxygens (including phenoxy) is 2. The molecule has 1 saturated heterocycles. The van der Waals surface area contributed by atoms with Crippen LogP contribution in [0.4, 0.5) is 0 Å². The minimum Gasteiger partial charge on any atom is -0.396 e. The lowest BCUT2D eigenvalue weighted by molar-refractivity contribution is -0.0337. The normalized spacial score (nSPS) is 34.2. The first-order valence-electron chi connectivity index (χ1n) is 6.81. The summed E-state index contributed by atoms with van der Waals surface area (Å²) in [6, 6.07) is 0. The molecule has 3 heteroatoms. The molecule has 17 heavy (non-hydrogen) atoms. The third kappa shape index (κ3) is 2.83. The van der Waals surface area contributed by atoms with Crippen LogP contribution in [0.3, 0.4) is 0 Å². The Labute approximate surface area is 104 Å². The third-order valence-corrected chi connectivity index (χ3v) is 4.64. The van der Waals surface area contributed by atoms with Crippen LogP contribution >= 0.6 is 0 Å². The summed E-state index contributed by atoms with van der Waals surface area (Å²) >= 11 is 0. The Balaban J connectivity index is 1.98. The highest BCUT2D eigenvalue weighted by molar-refractivity contribution is 4.99. The average molecular weight is 242 g/mol. The number of methoxy groups -OCH3 is 1. The van der Waals surface area contributed by atoms with Crippen LogP contribution < -0.4 is 0 Å². The molecule has 2 fully saturated rings. The van der Waals surface area contributed by atoms with Crippen molar-refractivity contribution in [3.8, 4) is 0 Å². The lowest BCUT2D eigenvalue weighted by Crippen LogP contribution is -2.38. The van der Waals surface area contributed by atoms with E-state index in [-0.39, 0.29) is 17.6 Å². The van der Waals surface area contributed by atoms with Crippen LogP contribution in [0.1, 0.15) is 46.0 Å². The van der Waals surface area contributed by atoms with Gasteiger partial charge in [0.2, 0.25) is 0 Å². The zero-order valence-corrected chi connectivity index (χ0v) is 11.4. The van der Waals surface area contributed by atoms with Crippen molar-refractivity contribution >= 4 is 0 Å². The minimum absolute atomic E-state index is 0.00301. The van der Waals surface area contributed by atoms with Crippen LogP contribution in [0.15, 0.2) is 0 Å². The van der Waals surface area contributed by atoms with Crippen LogP contribution in [-0.2, 0) is 9.47 Å². The van der Waals surface area contributed by atoms with E-state index in [1.807, 2.05) is 0 Å². The maximum Gasteiger partial charge on any atom is 0.0682 e. The highest BCUT2D eigenvalue weighted by Gasteiger charge is 2.50. The summed E-state index contributed by atoms with van der Waals surface area (Å²) in [6.07, 6.45) is 5.84. The van der Waals surface area contributed by atoms with Crippen molar-refractivity contribution in [3.05, 3.63) is 0 Å². The first-order chi connectivity index (χ1) is 8.03. The SMILES string of the molecule is COC(C)(C)CCC1(CO)CCOC1C1CC1. The summed E-state index contributed by atoms with van der Waals surface area (Å²) in [6.45, 7) is 5.29. The molecule has 0 bridgehead atoms. The second kappa shape index (κ2) is 4.87. The van der Waals surface area contributed by atoms with Crippen molar-refractivity contribution in [2.45, 2.75) is 57.7 Å². The van der Waals surface area contributed by atoms with Crippen molar-refractivity contribution in [2.24, 2.45) is 11.3 Å². The lowest BCUT2D eigenvalue weighted by Gasteiger charge is -2.35. The van der Waals surface area contributed by atoms with Gasteiger partial charge >= 0.3 is 0 Å². The van der Waals surface area contributed by atoms with Gasteiger partial charge in [-0.05, 0) is 51.9 Å². The second-order valence-corrected chi connectivity index (χ2v) is 6.36. The van der Waals surface area contributed by atoms with E-state index < -0.39 is 0 Å². The van der Waals surface area contributed by atoms with Gasteiger partial charge in [0.15, 0.2) is 0 Å². The smallest absolute Gasteiger partial charge is 0.0682 e. The van der Waals surface area contributed by atoms with Crippen LogP contribution in [0, 0.1) is 11.3 Å². The van der Waals surface area contributed by atoms with E-state index in [2.05, 4.69) is 13.8 Å². The van der Waals surface area contributed by atoms with Crippen LogP contribution in [0.2, 0.25) is 0 Å². The van der Waals surface area contributed by atoms with Crippen LogP contribution in [0.25, 0.3) is 0 Å². The Hall–Kier alpha value is -0.120. The predicted octanol–water partition coefficient (Wildman–Crippen LogP) is 2.37.